The molecule has 0 aromatic carbocycles. The Labute approximate surface area is 113 Å². The van der Waals surface area contributed by atoms with Crippen molar-refractivity contribution in [2.45, 2.75) is 38.7 Å². The number of aromatic nitrogens is 1. The molecule has 0 aliphatic carbocycles. The van der Waals surface area contributed by atoms with Crippen LogP contribution in [0.2, 0.25) is 0 Å². The Balaban J connectivity index is 2.92. The van der Waals surface area contributed by atoms with E-state index in [4.69, 9.17) is 4.74 Å². The van der Waals surface area contributed by atoms with E-state index in [0.717, 1.165) is 0 Å². The van der Waals surface area contributed by atoms with Crippen LogP contribution in [0.25, 0.3) is 0 Å². The third-order valence-electron chi connectivity index (χ3n) is 2.31. The highest BCUT2D eigenvalue weighted by atomic mass is 32.2. The molecule has 0 saturated heterocycles. The van der Waals surface area contributed by atoms with Crippen LogP contribution in [0, 0.1) is 0 Å². The monoisotopic (exact) mass is 288 g/mol. The summed E-state index contributed by atoms with van der Waals surface area (Å²) in [5.41, 5.74) is -0.270. The lowest BCUT2D eigenvalue weighted by molar-refractivity contribution is 0.0518. The highest BCUT2D eigenvalue weighted by Crippen LogP contribution is 2.19. The van der Waals surface area contributed by atoms with Gasteiger partial charge in [-0.15, -0.1) is 0 Å². The number of alkyl carbamates (subject to hydrolysis) is 1. The van der Waals surface area contributed by atoms with Gasteiger partial charge >= 0.3 is 6.09 Å². The number of ether oxygens (including phenoxy) is 1. The molecule has 108 valence electrons. The number of nitrogens with one attached hydrogen (secondary N) is 2. The van der Waals surface area contributed by atoms with Gasteiger partial charge in [-0.1, -0.05) is 6.92 Å². The van der Waals surface area contributed by atoms with Crippen LogP contribution >= 0.6 is 0 Å². The molecule has 0 spiro atoms. The Bertz CT molecular complexity index is 514. The Morgan fingerprint density at radius 2 is 2.11 bits per heavy atom. The fourth-order valence-electron chi connectivity index (χ4n) is 1.45. The van der Waals surface area contributed by atoms with Crippen molar-refractivity contribution in [3.05, 3.63) is 24.0 Å². The van der Waals surface area contributed by atoms with Crippen molar-refractivity contribution < 1.29 is 17.9 Å². The first kappa shape index (κ1) is 15.6. The summed E-state index contributed by atoms with van der Waals surface area (Å²) in [6.07, 6.45) is 0.841. The number of carbonyl (C=O) groups is 1. The first-order valence-corrected chi connectivity index (χ1v) is 7.71. The summed E-state index contributed by atoms with van der Waals surface area (Å²) in [4.78, 5) is 14.5. The number of aromatic amines is 1. The lowest BCUT2D eigenvalue weighted by atomic mass is 10.2. The van der Waals surface area contributed by atoms with E-state index in [0.29, 0.717) is 5.69 Å². The zero-order valence-corrected chi connectivity index (χ0v) is 12.4. The molecule has 7 heteroatoms. The van der Waals surface area contributed by atoms with Gasteiger partial charge < -0.3 is 9.72 Å². The summed E-state index contributed by atoms with van der Waals surface area (Å²) in [6.45, 7) is 6.67. The first-order chi connectivity index (χ1) is 8.65. The van der Waals surface area contributed by atoms with Gasteiger partial charge in [0.05, 0.1) is 5.69 Å². The third-order valence-corrected chi connectivity index (χ3v) is 4.21. The van der Waals surface area contributed by atoms with Gasteiger partial charge in [0.2, 0.25) is 0 Å². The van der Waals surface area contributed by atoms with Crippen LogP contribution in [0.15, 0.2) is 18.3 Å². The number of carbonyl (C=O) groups excluding carboxylic acids is 1. The van der Waals surface area contributed by atoms with E-state index in [1.54, 1.807) is 39.1 Å². The maximum absolute atomic E-state index is 12.0. The van der Waals surface area contributed by atoms with E-state index >= 15 is 0 Å². The molecule has 0 saturated carbocycles. The fourth-order valence-corrected chi connectivity index (χ4v) is 2.59. The maximum atomic E-state index is 12.0. The maximum Gasteiger partial charge on any atom is 0.409 e. The molecule has 1 unspecified atom stereocenters. The van der Waals surface area contributed by atoms with Crippen LogP contribution in [-0.2, 0) is 14.6 Å². The SMILES string of the molecule is CCS(=O)(=O)C(NC(=O)OC(C)(C)C)c1ccc[nH]1. The molecule has 1 aromatic heterocycles. The predicted octanol–water partition coefficient (Wildman–Crippen LogP) is 1.97. The number of amides is 1. The molecule has 1 rings (SSSR count). The van der Waals surface area contributed by atoms with Gasteiger partial charge in [-0.2, -0.15) is 0 Å². The van der Waals surface area contributed by atoms with E-state index < -0.39 is 26.9 Å². The molecule has 1 atom stereocenters. The average Bonchev–Trinajstić information content (AvgIpc) is 2.76. The fraction of sp³-hybridized carbons (Fsp3) is 0.583. The molecule has 2 N–H and O–H groups in total. The van der Waals surface area contributed by atoms with E-state index in [1.807, 2.05) is 0 Å². The Hall–Kier alpha value is -1.50. The van der Waals surface area contributed by atoms with Gasteiger partial charge in [-0.3, -0.25) is 5.32 Å². The summed E-state index contributed by atoms with van der Waals surface area (Å²) < 4.78 is 29.1. The number of H-pyrrole nitrogens is 1. The van der Waals surface area contributed by atoms with E-state index in [2.05, 4.69) is 10.3 Å². The van der Waals surface area contributed by atoms with Crippen molar-refractivity contribution in [3.8, 4) is 0 Å². The molecular formula is C12H20N2O4S. The van der Waals surface area contributed by atoms with Gasteiger partial charge in [0.25, 0.3) is 0 Å². The van der Waals surface area contributed by atoms with E-state index in [1.165, 1.54) is 6.92 Å². The molecule has 1 aromatic rings. The van der Waals surface area contributed by atoms with Crippen molar-refractivity contribution in [1.29, 1.82) is 0 Å². The van der Waals surface area contributed by atoms with Crippen molar-refractivity contribution in [2.75, 3.05) is 5.75 Å². The van der Waals surface area contributed by atoms with Crippen LogP contribution in [0.1, 0.15) is 38.8 Å². The minimum Gasteiger partial charge on any atom is -0.444 e. The largest absolute Gasteiger partial charge is 0.444 e. The molecule has 6 nitrogen and oxygen atoms in total. The lowest BCUT2D eigenvalue weighted by Crippen LogP contribution is -2.38. The van der Waals surface area contributed by atoms with Gasteiger partial charge in [-0.05, 0) is 32.9 Å². The van der Waals surface area contributed by atoms with Gasteiger partial charge in [-0.25, -0.2) is 13.2 Å². The quantitative estimate of drug-likeness (QED) is 0.886. The minimum absolute atomic E-state index is 0.0769. The molecular weight excluding hydrogens is 268 g/mol. The Kier molecular flexibility index (Phi) is 4.62. The standard InChI is InChI=1S/C12H20N2O4S/c1-5-19(16,17)10(9-7-6-8-13-9)14-11(15)18-12(2,3)4/h6-8,10,13H,5H2,1-4H3,(H,14,15). The van der Waals surface area contributed by atoms with Crippen LogP contribution < -0.4 is 5.32 Å². The number of hydrogen-bond acceptors (Lipinski definition) is 4. The Morgan fingerprint density at radius 3 is 2.53 bits per heavy atom. The molecule has 19 heavy (non-hydrogen) atoms. The molecule has 0 bridgehead atoms. The third kappa shape index (κ3) is 4.59. The van der Waals surface area contributed by atoms with Crippen LogP contribution in [0.5, 0.6) is 0 Å². The topological polar surface area (TPSA) is 88.3 Å². The lowest BCUT2D eigenvalue weighted by Gasteiger charge is -2.23. The first-order valence-electron chi connectivity index (χ1n) is 6.00. The zero-order valence-electron chi connectivity index (χ0n) is 11.6. The Morgan fingerprint density at radius 1 is 1.47 bits per heavy atom. The predicted molar refractivity (Wildman–Crippen MR) is 72.4 cm³/mol. The van der Waals surface area contributed by atoms with Crippen molar-refractivity contribution in [2.24, 2.45) is 0 Å². The summed E-state index contributed by atoms with van der Waals surface area (Å²) in [5, 5.41) is 1.26. The van der Waals surface area contributed by atoms with Gasteiger partial charge in [0.15, 0.2) is 15.2 Å². The van der Waals surface area contributed by atoms with Crippen LogP contribution in [0.3, 0.4) is 0 Å². The van der Waals surface area contributed by atoms with Gasteiger partial charge in [0, 0.05) is 11.9 Å². The van der Waals surface area contributed by atoms with Crippen molar-refractivity contribution in [1.82, 2.24) is 10.3 Å². The molecule has 1 heterocycles. The van der Waals surface area contributed by atoms with Crippen LogP contribution in [0.4, 0.5) is 4.79 Å². The van der Waals surface area contributed by atoms with E-state index in [-0.39, 0.29) is 5.75 Å². The average molecular weight is 288 g/mol. The molecule has 0 aliphatic rings. The van der Waals surface area contributed by atoms with Crippen molar-refractivity contribution in [3.63, 3.8) is 0 Å². The van der Waals surface area contributed by atoms with Crippen molar-refractivity contribution >= 4 is 15.9 Å². The minimum atomic E-state index is -3.48. The second-order valence-corrected chi connectivity index (χ2v) is 7.48. The summed E-state index contributed by atoms with van der Waals surface area (Å²) >= 11 is 0. The highest BCUT2D eigenvalue weighted by Gasteiger charge is 2.30. The number of rotatable bonds is 4. The normalized spacial score (nSPS) is 13.9. The molecule has 0 radical (unpaired) electrons. The molecule has 0 fully saturated rings. The number of sulfone groups is 1. The van der Waals surface area contributed by atoms with Crippen LogP contribution in [-0.4, -0.2) is 30.8 Å². The van der Waals surface area contributed by atoms with Gasteiger partial charge in [0.1, 0.15) is 5.60 Å². The second kappa shape index (κ2) is 5.64. The number of hydrogen-bond donors (Lipinski definition) is 2. The summed E-state index contributed by atoms with van der Waals surface area (Å²) in [5.74, 6) is -0.0769. The molecule has 0 aliphatic heterocycles. The zero-order chi connectivity index (χ0) is 14.7. The summed E-state index contributed by atoms with van der Waals surface area (Å²) in [7, 11) is -3.48. The summed E-state index contributed by atoms with van der Waals surface area (Å²) in [6, 6.07) is 3.28. The smallest absolute Gasteiger partial charge is 0.409 e. The highest BCUT2D eigenvalue weighted by molar-refractivity contribution is 7.91. The second-order valence-electron chi connectivity index (χ2n) is 5.10. The molecule has 1 amide bonds. The van der Waals surface area contributed by atoms with E-state index in [9.17, 15) is 13.2 Å².